The molecule has 1 aromatic carbocycles. The topological polar surface area (TPSA) is 81.4 Å². The Kier molecular flexibility index (Phi) is 6.02. The van der Waals surface area contributed by atoms with Crippen molar-refractivity contribution in [1.29, 1.82) is 0 Å². The number of nitrogens with two attached hydrogens (primary N) is 1. The Morgan fingerprint density at radius 1 is 1.33 bits per heavy atom. The van der Waals surface area contributed by atoms with Gasteiger partial charge in [-0.3, -0.25) is 9.59 Å². The largest absolute Gasteiger partial charge is 0.459 e. The number of carbonyl (C=O) groups is 2. The number of nitrogens with one attached hydrogen (secondary N) is 1. The lowest BCUT2D eigenvalue weighted by Crippen LogP contribution is -2.25. The first-order valence-electron chi connectivity index (χ1n) is 6.32. The third-order valence-electron chi connectivity index (χ3n) is 2.16. The van der Waals surface area contributed by atoms with E-state index < -0.39 is 11.4 Å². The average Bonchev–Trinajstić information content (AvgIpc) is 2.31. The molecule has 0 spiro atoms. The summed E-state index contributed by atoms with van der Waals surface area (Å²) in [5.74, 6) is -1.11. The van der Waals surface area contributed by atoms with Crippen LogP contribution in [0.15, 0.2) is 18.2 Å². The van der Waals surface area contributed by atoms with E-state index in [1.165, 1.54) is 12.1 Å². The third kappa shape index (κ3) is 6.99. The number of rotatable bonds is 5. The van der Waals surface area contributed by atoms with Crippen LogP contribution in [0.1, 0.15) is 20.8 Å². The minimum absolute atomic E-state index is 0.0508. The van der Waals surface area contributed by atoms with Crippen LogP contribution < -0.4 is 11.1 Å². The van der Waals surface area contributed by atoms with Gasteiger partial charge in [-0.05, 0) is 39.0 Å². The maximum atomic E-state index is 13.0. The van der Waals surface area contributed by atoms with Gasteiger partial charge in [0.1, 0.15) is 11.4 Å². The van der Waals surface area contributed by atoms with Gasteiger partial charge < -0.3 is 15.8 Å². The molecule has 5 nitrogen and oxygen atoms in total. The zero-order chi connectivity index (χ0) is 16.0. The van der Waals surface area contributed by atoms with Crippen LogP contribution in [0.3, 0.4) is 0 Å². The van der Waals surface area contributed by atoms with Crippen molar-refractivity contribution in [3.63, 3.8) is 0 Å². The number of carbonyl (C=O) groups excluding carboxylic acids is 2. The summed E-state index contributed by atoms with van der Waals surface area (Å²) >= 11 is 1.12. The van der Waals surface area contributed by atoms with E-state index in [2.05, 4.69) is 5.32 Å². The fourth-order valence-corrected chi connectivity index (χ4v) is 2.01. The molecule has 0 aliphatic rings. The Hall–Kier alpha value is -1.76. The number of esters is 1. The Morgan fingerprint density at radius 2 is 2.00 bits per heavy atom. The molecule has 0 radical (unpaired) electrons. The highest BCUT2D eigenvalue weighted by atomic mass is 32.2. The quantitative estimate of drug-likeness (QED) is 0.644. The van der Waals surface area contributed by atoms with Crippen molar-refractivity contribution in [1.82, 2.24) is 0 Å². The van der Waals surface area contributed by atoms with Gasteiger partial charge in [0.2, 0.25) is 5.91 Å². The van der Waals surface area contributed by atoms with Gasteiger partial charge in [0, 0.05) is 0 Å². The smallest absolute Gasteiger partial charge is 0.316 e. The van der Waals surface area contributed by atoms with Gasteiger partial charge in [-0.2, -0.15) is 0 Å². The molecule has 0 aliphatic heterocycles. The van der Waals surface area contributed by atoms with Gasteiger partial charge in [-0.25, -0.2) is 4.39 Å². The molecular formula is C14H19FN2O3S. The highest BCUT2D eigenvalue weighted by Gasteiger charge is 2.16. The van der Waals surface area contributed by atoms with Gasteiger partial charge in [-0.15, -0.1) is 11.8 Å². The SMILES string of the molecule is CC(C)(C)OC(=O)CSCC(=O)Nc1cc(F)ccc1N. The van der Waals surface area contributed by atoms with Crippen LogP contribution in [0.5, 0.6) is 0 Å². The summed E-state index contributed by atoms with van der Waals surface area (Å²) < 4.78 is 18.2. The van der Waals surface area contributed by atoms with E-state index >= 15 is 0 Å². The molecule has 0 unspecified atom stereocenters. The van der Waals surface area contributed by atoms with Crippen LogP contribution in [0.25, 0.3) is 0 Å². The van der Waals surface area contributed by atoms with E-state index in [9.17, 15) is 14.0 Å². The Morgan fingerprint density at radius 3 is 2.62 bits per heavy atom. The molecule has 0 atom stereocenters. The molecule has 0 heterocycles. The Bertz CT molecular complexity index is 529. The van der Waals surface area contributed by atoms with E-state index in [1.807, 2.05) is 0 Å². The minimum atomic E-state index is -0.546. The van der Waals surface area contributed by atoms with Crippen molar-refractivity contribution in [2.24, 2.45) is 0 Å². The molecule has 3 N–H and O–H groups in total. The fraction of sp³-hybridized carbons (Fsp3) is 0.429. The lowest BCUT2D eigenvalue weighted by atomic mass is 10.2. The maximum Gasteiger partial charge on any atom is 0.316 e. The van der Waals surface area contributed by atoms with Crippen LogP contribution in [-0.2, 0) is 14.3 Å². The molecule has 21 heavy (non-hydrogen) atoms. The van der Waals surface area contributed by atoms with Crippen molar-refractivity contribution >= 4 is 35.0 Å². The first-order valence-corrected chi connectivity index (χ1v) is 7.47. The van der Waals surface area contributed by atoms with Crippen LogP contribution in [0.4, 0.5) is 15.8 Å². The number of hydrogen-bond acceptors (Lipinski definition) is 5. The van der Waals surface area contributed by atoms with Gasteiger partial charge >= 0.3 is 5.97 Å². The molecule has 116 valence electrons. The van der Waals surface area contributed by atoms with Gasteiger partial charge in [0.25, 0.3) is 0 Å². The number of benzene rings is 1. The minimum Gasteiger partial charge on any atom is -0.459 e. The number of anilines is 2. The lowest BCUT2D eigenvalue weighted by Gasteiger charge is -2.19. The summed E-state index contributed by atoms with van der Waals surface area (Å²) in [7, 11) is 0. The summed E-state index contributed by atoms with van der Waals surface area (Å²) in [5, 5.41) is 2.50. The number of hydrogen-bond donors (Lipinski definition) is 2. The second kappa shape index (κ2) is 7.31. The van der Waals surface area contributed by atoms with Crippen molar-refractivity contribution in [3.8, 4) is 0 Å². The molecule has 1 amide bonds. The normalized spacial score (nSPS) is 11.0. The number of thioether (sulfide) groups is 1. The highest BCUT2D eigenvalue weighted by Crippen LogP contribution is 2.19. The van der Waals surface area contributed by atoms with Crippen LogP contribution in [0.2, 0.25) is 0 Å². The summed E-state index contributed by atoms with van der Waals surface area (Å²) in [6, 6.07) is 3.73. The van der Waals surface area contributed by atoms with E-state index in [-0.39, 0.29) is 34.8 Å². The first-order chi connectivity index (χ1) is 9.67. The molecule has 1 rings (SSSR count). The molecule has 0 aromatic heterocycles. The molecular weight excluding hydrogens is 295 g/mol. The first kappa shape index (κ1) is 17.3. The van der Waals surface area contributed by atoms with E-state index in [4.69, 9.17) is 10.5 Å². The number of halogens is 1. The molecule has 1 aromatic rings. The van der Waals surface area contributed by atoms with E-state index in [1.54, 1.807) is 20.8 Å². The fourth-order valence-electron chi connectivity index (χ4n) is 1.42. The van der Waals surface area contributed by atoms with Crippen LogP contribution in [-0.4, -0.2) is 29.0 Å². The van der Waals surface area contributed by atoms with Crippen molar-refractivity contribution in [2.75, 3.05) is 22.6 Å². The highest BCUT2D eigenvalue weighted by molar-refractivity contribution is 8.00. The monoisotopic (exact) mass is 314 g/mol. The summed E-state index contributed by atoms with van der Waals surface area (Å²) in [6.45, 7) is 5.32. The summed E-state index contributed by atoms with van der Waals surface area (Å²) in [4.78, 5) is 23.1. The van der Waals surface area contributed by atoms with Gasteiger partial charge in [-0.1, -0.05) is 0 Å². The lowest BCUT2D eigenvalue weighted by molar-refractivity contribution is -0.151. The average molecular weight is 314 g/mol. The van der Waals surface area contributed by atoms with E-state index in [0.29, 0.717) is 0 Å². The second-order valence-corrected chi connectivity index (χ2v) is 6.34. The van der Waals surface area contributed by atoms with Gasteiger partial charge in [0.05, 0.1) is 22.9 Å². The molecule has 7 heteroatoms. The predicted octanol–water partition coefficient (Wildman–Crippen LogP) is 2.42. The number of ether oxygens (including phenoxy) is 1. The Labute approximate surface area is 127 Å². The Balaban J connectivity index is 2.38. The third-order valence-corrected chi connectivity index (χ3v) is 3.07. The van der Waals surface area contributed by atoms with E-state index in [0.717, 1.165) is 17.8 Å². The van der Waals surface area contributed by atoms with Crippen molar-refractivity contribution in [3.05, 3.63) is 24.0 Å². The van der Waals surface area contributed by atoms with Gasteiger partial charge in [0.15, 0.2) is 0 Å². The maximum absolute atomic E-state index is 13.0. The molecule has 0 aliphatic carbocycles. The molecule has 0 saturated heterocycles. The number of amides is 1. The summed E-state index contributed by atoms with van der Waals surface area (Å²) in [5.41, 5.74) is 5.58. The second-order valence-electron chi connectivity index (χ2n) is 5.36. The molecule has 0 fully saturated rings. The molecule has 0 saturated carbocycles. The van der Waals surface area contributed by atoms with Crippen molar-refractivity contribution < 1.29 is 18.7 Å². The number of nitrogen functional groups attached to an aromatic ring is 1. The predicted molar refractivity (Wildman–Crippen MR) is 82.6 cm³/mol. The molecule has 0 bridgehead atoms. The van der Waals surface area contributed by atoms with Crippen LogP contribution in [0, 0.1) is 5.82 Å². The van der Waals surface area contributed by atoms with Crippen LogP contribution >= 0.6 is 11.8 Å². The zero-order valence-corrected chi connectivity index (χ0v) is 13.1. The summed E-state index contributed by atoms with van der Waals surface area (Å²) in [6.07, 6.45) is 0. The standard InChI is InChI=1S/C14H19FN2O3S/c1-14(2,3)20-13(19)8-21-7-12(18)17-11-6-9(15)4-5-10(11)16/h4-6H,7-8,16H2,1-3H3,(H,17,18). The zero-order valence-electron chi connectivity index (χ0n) is 12.2. The van der Waals surface area contributed by atoms with Crippen molar-refractivity contribution in [2.45, 2.75) is 26.4 Å².